The monoisotopic (exact) mass is 427 g/mol. The minimum Gasteiger partial charge on any atom is -0.496 e. The number of hydrogen-bond acceptors (Lipinski definition) is 4. The number of methoxy groups -OCH3 is 1. The molecule has 3 N–H and O–H groups in total. The lowest BCUT2D eigenvalue weighted by Gasteiger charge is -2.15. The van der Waals surface area contributed by atoms with Crippen molar-refractivity contribution in [3.63, 3.8) is 0 Å². The van der Waals surface area contributed by atoms with Gasteiger partial charge in [0.1, 0.15) is 22.3 Å². The smallest absolute Gasteiger partial charge is 0.272 e. The molecule has 0 fully saturated rings. The van der Waals surface area contributed by atoms with Gasteiger partial charge in [0.15, 0.2) is 0 Å². The highest BCUT2D eigenvalue weighted by molar-refractivity contribution is 6.00. The van der Waals surface area contributed by atoms with Crippen LogP contribution in [0.3, 0.4) is 0 Å². The van der Waals surface area contributed by atoms with Gasteiger partial charge in [0.05, 0.1) is 7.11 Å². The third-order valence-electron chi connectivity index (χ3n) is 5.55. The number of furan rings is 1. The van der Waals surface area contributed by atoms with Crippen LogP contribution < -0.4 is 26.2 Å². The lowest BCUT2D eigenvalue weighted by atomic mass is 10.0. The molecule has 2 aromatic heterocycles. The van der Waals surface area contributed by atoms with Crippen LogP contribution in [-0.4, -0.2) is 24.0 Å². The number of rotatable bonds is 5. The molecule has 2 heterocycles. The van der Waals surface area contributed by atoms with E-state index >= 15 is 0 Å². The van der Waals surface area contributed by atoms with Crippen molar-refractivity contribution in [2.75, 3.05) is 7.11 Å². The molecule has 2 aliphatic rings. The summed E-state index contributed by atoms with van der Waals surface area (Å²) in [5.41, 5.74) is 6.94. The zero-order valence-electron chi connectivity index (χ0n) is 18.3. The molecule has 2 aliphatic carbocycles. The summed E-state index contributed by atoms with van der Waals surface area (Å²) in [4.78, 5) is 16.2. The van der Waals surface area contributed by atoms with E-state index in [0.29, 0.717) is 17.4 Å². The maximum atomic E-state index is 13.0. The first-order chi connectivity index (χ1) is 15.5. The molecule has 6 nitrogen and oxygen atoms in total. The Morgan fingerprint density at radius 3 is 2.88 bits per heavy atom. The third kappa shape index (κ3) is 3.64. The van der Waals surface area contributed by atoms with Crippen molar-refractivity contribution in [3.8, 4) is 5.75 Å². The van der Waals surface area contributed by atoms with Crippen LogP contribution in [-0.2, 0) is 6.42 Å². The summed E-state index contributed by atoms with van der Waals surface area (Å²) in [6, 6.07) is 7.86. The summed E-state index contributed by atoms with van der Waals surface area (Å²) in [5, 5.41) is 7.37. The summed E-state index contributed by atoms with van der Waals surface area (Å²) < 4.78 is 11.5. The molecule has 3 aromatic rings. The van der Waals surface area contributed by atoms with E-state index in [1.54, 1.807) is 7.11 Å². The molecule has 0 bridgehead atoms. The first-order valence-electron chi connectivity index (χ1n) is 10.7. The molecule has 6 heteroatoms. The largest absolute Gasteiger partial charge is 0.496 e. The van der Waals surface area contributed by atoms with Crippen LogP contribution in [0, 0.1) is 0 Å². The molecule has 5 rings (SSSR count). The summed E-state index contributed by atoms with van der Waals surface area (Å²) in [6.45, 7) is 4.24. The number of ether oxygens (including phenoxy) is 1. The first-order valence-corrected chi connectivity index (χ1v) is 10.7. The second kappa shape index (κ2) is 7.96. The lowest BCUT2D eigenvalue weighted by Crippen LogP contribution is -2.26. The van der Waals surface area contributed by atoms with Gasteiger partial charge in [-0.25, -0.2) is 0 Å². The second-order valence-corrected chi connectivity index (χ2v) is 8.24. The normalized spacial score (nSPS) is 14.5. The summed E-state index contributed by atoms with van der Waals surface area (Å²) in [6.07, 6.45) is 12.5. The predicted molar refractivity (Wildman–Crippen MR) is 126 cm³/mol. The number of H-pyrrole nitrogens is 1. The van der Waals surface area contributed by atoms with Gasteiger partial charge in [0.25, 0.3) is 5.91 Å². The Balaban J connectivity index is 1.44. The molecular formula is C26H25N3O3. The van der Waals surface area contributed by atoms with Crippen molar-refractivity contribution in [1.82, 2.24) is 15.6 Å². The SMILES string of the molecule is COc1cccc2[nH]c(C(=O)NC3=Cc4c5c(oc4=CC=C3)=CC=C(NC(C)C)C5)cc12. The Hall–Kier alpha value is -3.93. The first kappa shape index (κ1) is 20.0. The Kier molecular flexibility index (Phi) is 4.98. The van der Waals surface area contributed by atoms with E-state index in [4.69, 9.17) is 9.15 Å². The van der Waals surface area contributed by atoms with E-state index < -0.39 is 0 Å². The van der Waals surface area contributed by atoms with Crippen molar-refractivity contribution < 1.29 is 13.9 Å². The van der Waals surface area contributed by atoms with E-state index in [0.717, 1.165) is 50.7 Å². The standard InChI is InChI=1S/C26H25N3O3/c1-15(2)27-17-10-11-25-19(13-17)18-12-16(6-4-9-24(18)32-25)28-26(30)22-14-20-21(29-22)7-5-8-23(20)31-3/h4-12,14-15,27,29H,13H2,1-3H3,(H,28,30). The van der Waals surface area contributed by atoms with Gasteiger partial charge in [0, 0.05) is 45.9 Å². The highest BCUT2D eigenvalue weighted by Gasteiger charge is 2.18. The maximum absolute atomic E-state index is 13.0. The van der Waals surface area contributed by atoms with Gasteiger partial charge in [-0.2, -0.15) is 0 Å². The number of fused-ring (bicyclic) bond motifs is 4. The van der Waals surface area contributed by atoms with Gasteiger partial charge in [-0.15, -0.1) is 0 Å². The summed E-state index contributed by atoms with van der Waals surface area (Å²) >= 11 is 0. The van der Waals surface area contributed by atoms with Gasteiger partial charge >= 0.3 is 0 Å². The average molecular weight is 428 g/mol. The quantitative estimate of drug-likeness (QED) is 0.585. The molecule has 0 saturated heterocycles. The number of nitrogens with one attached hydrogen (secondary N) is 3. The number of aromatic nitrogens is 1. The summed E-state index contributed by atoms with van der Waals surface area (Å²) in [7, 11) is 1.62. The second-order valence-electron chi connectivity index (χ2n) is 8.24. The number of allylic oxidation sites excluding steroid dienone is 4. The molecule has 1 amide bonds. The van der Waals surface area contributed by atoms with Gasteiger partial charge in [-0.1, -0.05) is 12.1 Å². The lowest BCUT2D eigenvalue weighted by molar-refractivity contribution is 0.0963. The molecule has 0 aliphatic heterocycles. The Labute approximate surface area is 185 Å². The molecular weight excluding hydrogens is 402 g/mol. The van der Waals surface area contributed by atoms with Crippen molar-refractivity contribution in [2.45, 2.75) is 26.3 Å². The molecule has 32 heavy (non-hydrogen) atoms. The number of hydrogen-bond donors (Lipinski definition) is 3. The number of amides is 1. The van der Waals surface area contributed by atoms with Gasteiger partial charge in [0.2, 0.25) is 0 Å². The fourth-order valence-corrected chi connectivity index (χ4v) is 4.16. The Morgan fingerprint density at radius 1 is 1.19 bits per heavy atom. The van der Waals surface area contributed by atoms with Crippen LogP contribution in [0.15, 0.2) is 58.3 Å². The van der Waals surface area contributed by atoms with Crippen LogP contribution in [0.1, 0.15) is 35.5 Å². The van der Waals surface area contributed by atoms with Gasteiger partial charge in [-0.05, 0) is 62.4 Å². The Bertz CT molecular complexity index is 1430. The number of benzene rings is 1. The number of carbonyl (C=O) groups is 1. The highest BCUT2D eigenvalue weighted by atomic mass is 16.5. The number of aromatic amines is 1. The zero-order chi connectivity index (χ0) is 22.2. The van der Waals surface area contributed by atoms with Crippen molar-refractivity contribution in [1.29, 1.82) is 0 Å². The molecule has 0 atom stereocenters. The minimum absolute atomic E-state index is 0.214. The van der Waals surface area contributed by atoms with Crippen LogP contribution >= 0.6 is 0 Å². The van der Waals surface area contributed by atoms with Crippen LogP contribution in [0.4, 0.5) is 0 Å². The van der Waals surface area contributed by atoms with Crippen LogP contribution in [0.5, 0.6) is 5.75 Å². The van der Waals surface area contributed by atoms with Crippen molar-refractivity contribution in [3.05, 3.63) is 81.5 Å². The molecule has 0 radical (unpaired) electrons. The fraction of sp³-hybridized carbons (Fsp3) is 0.192. The summed E-state index contributed by atoms with van der Waals surface area (Å²) in [5.74, 6) is 0.513. The van der Waals surface area contributed by atoms with Gasteiger partial charge in [-0.3, -0.25) is 4.79 Å². The molecule has 0 saturated carbocycles. The van der Waals surface area contributed by atoms with E-state index in [2.05, 4.69) is 35.5 Å². The van der Waals surface area contributed by atoms with E-state index in [-0.39, 0.29) is 5.91 Å². The third-order valence-corrected chi connectivity index (χ3v) is 5.55. The van der Waals surface area contributed by atoms with E-state index in [1.807, 2.05) is 54.6 Å². The van der Waals surface area contributed by atoms with Crippen LogP contribution in [0.2, 0.25) is 0 Å². The zero-order valence-corrected chi connectivity index (χ0v) is 18.3. The van der Waals surface area contributed by atoms with E-state index in [1.165, 1.54) is 0 Å². The highest BCUT2D eigenvalue weighted by Crippen LogP contribution is 2.26. The number of carbonyl (C=O) groups excluding carboxylic acids is 1. The van der Waals surface area contributed by atoms with Crippen molar-refractivity contribution >= 4 is 35.0 Å². The van der Waals surface area contributed by atoms with Crippen molar-refractivity contribution in [2.24, 2.45) is 0 Å². The molecule has 162 valence electrons. The topological polar surface area (TPSA) is 79.3 Å². The van der Waals surface area contributed by atoms with E-state index in [9.17, 15) is 4.79 Å². The molecule has 1 aromatic carbocycles. The minimum atomic E-state index is -0.214. The molecule has 0 unspecified atom stereocenters. The van der Waals surface area contributed by atoms with Gasteiger partial charge < -0.3 is 24.8 Å². The predicted octanol–water partition coefficient (Wildman–Crippen LogP) is 3.11. The fourth-order valence-electron chi connectivity index (χ4n) is 4.16. The average Bonchev–Trinajstić information content (AvgIpc) is 3.29. The Morgan fingerprint density at radius 2 is 2.06 bits per heavy atom. The maximum Gasteiger partial charge on any atom is 0.272 e. The van der Waals surface area contributed by atoms with Crippen LogP contribution in [0.25, 0.3) is 29.1 Å². The molecule has 0 spiro atoms.